The van der Waals surface area contributed by atoms with E-state index in [1.54, 1.807) is 18.2 Å². The summed E-state index contributed by atoms with van der Waals surface area (Å²) < 4.78 is 0. The predicted octanol–water partition coefficient (Wildman–Crippen LogP) is 3.35. The smallest absolute Gasteiger partial charge is 0.335 e. The molecule has 0 aliphatic heterocycles. The molecule has 4 heteroatoms. The molecule has 1 fully saturated rings. The second kappa shape index (κ2) is 7.43. The molecular weight excluding hydrogens is 278 g/mol. The van der Waals surface area contributed by atoms with Crippen LogP contribution in [0.2, 0.25) is 0 Å². The fourth-order valence-electron chi connectivity index (χ4n) is 3.42. The molecule has 0 radical (unpaired) electrons. The number of carboxylic acids is 1. The van der Waals surface area contributed by atoms with Crippen LogP contribution in [0.3, 0.4) is 0 Å². The van der Waals surface area contributed by atoms with Gasteiger partial charge in [-0.3, -0.25) is 4.79 Å². The first-order chi connectivity index (χ1) is 10.5. The van der Waals surface area contributed by atoms with Crippen LogP contribution in [0.15, 0.2) is 24.3 Å². The lowest BCUT2D eigenvalue weighted by atomic mass is 9.85. The number of aromatic carboxylic acids is 1. The summed E-state index contributed by atoms with van der Waals surface area (Å²) in [6.45, 7) is 2.22. The van der Waals surface area contributed by atoms with Gasteiger partial charge in [0.05, 0.1) is 5.56 Å². The van der Waals surface area contributed by atoms with Crippen molar-refractivity contribution in [1.82, 2.24) is 4.90 Å². The van der Waals surface area contributed by atoms with E-state index in [0.29, 0.717) is 30.4 Å². The van der Waals surface area contributed by atoms with Crippen molar-refractivity contribution < 1.29 is 14.7 Å². The Hall–Kier alpha value is -1.84. The van der Waals surface area contributed by atoms with Gasteiger partial charge in [-0.25, -0.2) is 4.79 Å². The Morgan fingerprint density at radius 1 is 1.23 bits per heavy atom. The zero-order valence-corrected chi connectivity index (χ0v) is 13.4. The van der Waals surface area contributed by atoms with Crippen molar-refractivity contribution in [2.75, 3.05) is 7.05 Å². The van der Waals surface area contributed by atoms with Crippen LogP contribution >= 0.6 is 0 Å². The average Bonchev–Trinajstić information content (AvgIpc) is 2.52. The largest absolute Gasteiger partial charge is 0.478 e. The van der Waals surface area contributed by atoms with Gasteiger partial charge in [-0.15, -0.1) is 0 Å². The van der Waals surface area contributed by atoms with Gasteiger partial charge in [0.15, 0.2) is 0 Å². The summed E-state index contributed by atoms with van der Waals surface area (Å²) in [5, 5.41) is 9.18. The Bertz CT molecular complexity index is 541. The first-order valence-electron chi connectivity index (χ1n) is 8.07. The summed E-state index contributed by atoms with van der Waals surface area (Å²) in [4.78, 5) is 25.5. The van der Waals surface area contributed by atoms with Crippen LogP contribution in [0, 0.1) is 5.92 Å². The molecule has 2 atom stereocenters. The third-order valence-electron chi connectivity index (χ3n) is 4.81. The van der Waals surface area contributed by atoms with Crippen molar-refractivity contribution in [1.29, 1.82) is 0 Å². The summed E-state index contributed by atoms with van der Waals surface area (Å²) >= 11 is 0. The quantitative estimate of drug-likeness (QED) is 0.907. The molecule has 1 amide bonds. The zero-order chi connectivity index (χ0) is 16.1. The van der Waals surface area contributed by atoms with E-state index in [2.05, 4.69) is 6.92 Å². The second-order valence-corrected chi connectivity index (χ2v) is 6.30. The molecule has 0 spiro atoms. The molecular formula is C18H25NO3. The van der Waals surface area contributed by atoms with E-state index >= 15 is 0 Å². The third-order valence-corrected chi connectivity index (χ3v) is 4.81. The minimum Gasteiger partial charge on any atom is -0.478 e. The third kappa shape index (κ3) is 3.87. The van der Waals surface area contributed by atoms with Crippen molar-refractivity contribution in [3.05, 3.63) is 35.4 Å². The summed E-state index contributed by atoms with van der Waals surface area (Å²) in [7, 11) is 1.89. The molecule has 2 rings (SSSR count). The minimum atomic E-state index is -0.933. The number of nitrogens with zero attached hydrogens (tertiary/aromatic N) is 1. The van der Waals surface area contributed by atoms with Gasteiger partial charge in [0.1, 0.15) is 0 Å². The number of hydrogen-bond acceptors (Lipinski definition) is 2. The number of aryl methyl sites for hydroxylation is 1. The lowest BCUT2D eigenvalue weighted by Gasteiger charge is -2.36. The van der Waals surface area contributed by atoms with Crippen LogP contribution in [0.1, 0.15) is 54.9 Å². The predicted molar refractivity (Wildman–Crippen MR) is 85.9 cm³/mol. The molecule has 0 aromatic heterocycles. The summed E-state index contributed by atoms with van der Waals surface area (Å²) in [6.07, 6.45) is 5.55. The standard InChI is InChI=1S/C18H25NO3/c1-13-7-3-6-10-16(13)19(2)17(20)12-11-14-8-4-5-9-15(14)18(21)22/h4-5,8-9,13,16H,3,6-7,10-12H2,1-2H3,(H,21,22)/t13-,16-/m1/s1. The number of carbonyl (C=O) groups excluding carboxylic acids is 1. The molecule has 1 aromatic rings. The summed E-state index contributed by atoms with van der Waals surface area (Å²) in [5.74, 6) is -0.273. The number of benzene rings is 1. The zero-order valence-electron chi connectivity index (χ0n) is 13.4. The van der Waals surface area contributed by atoms with Gasteiger partial charge in [0.2, 0.25) is 5.91 Å². The fraction of sp³-hybridized carbons (Fsp3) is 0.556. The molecule has 1 aliphatic carbocycles. The van der Waals surface area contributed by atoms with Gasteiger partial charge in [-0.1, -0.05) is 38.0 Å². The maximum Gasteiger partial charge on any atom is 0.335 e. The Balaban J connectivity index is 1.96. The molecule has 1 aromatic carbocycles. The average molecular weight is 303 g/mol. The van der Waals surface area contributed by atoms with Crippen molar-refractivity contribution in [2.45, 2.75) is 51.5 Å². The molecule has 1 saturated carbocycles. The Morgan fingerprint density at radius 3 is 2.59 bits per heavy atom. The molecule has 0 saturated heterocycles. The number of carboxylic acid groups (broad SMARTS) is 1. The molecule has 22 heavy (non-hydrogen) atoms. The van der Waals surface area contributed by atoms with E-state index in [1.807, 2.05) is 18.0 Å². The van der Waals surface area contributed by atoms with Crippen molar-refractivity contribution in [3.8, 4) is 0 Å². The Kier molecular flexibility index (Phi) is 5.58. The van der Waals surface area contributed by atoms with Crippen molar-refractivity contribution >= 4 is 11.9 Å². The van der Waals surface area contributed by atoms with Gasteiger partial charge in [-0.05, 0) is 36.8 Å². The van der Waals surface area contributed by atoms with Crippen LogP contribution in [0.4, 0.5) is 0 Å². The normalized spacial score (nSPS) is 21.4. The lowest BCUT2D eigenvalue weighted by molar-refractivity contribution is -0.133. The van der Waals surface area contributed by atoms with Crippen molar-refractivity contribution in [3.63, 3.8) is 0 Å². The van der Waals surface area contributed by atoms with Crippen LogP contribution in [0.5, 0.6) is 0 Å². The van der Waals surface area contributed by atoms with E-state index in [9.17, 15) is 14.7 Å². The molecule has 1 aliphatic rings. The van der Waals surface area contributed by atoms with Gasteiger partial charge >= 0.3 is 5.97 Å². The summed E-state index contributed by atoms with van der Waals surface area (Å²) in [5.41, 5.74) is 1.03. The SMILES string of the molecule is C[C@@H]1CCCC[C@H]1N(C)C(=O)CCc1ccccc1C(=O)O. The van der Waals surface area contributed by atoms with Crippen LogP contribution in [0.25, 0.3) is 0 Å². The first kappa shape index (κ1) is 16.5. The number of hydrogen-bond donors (Lipinski definition) is 1. The minimum absolute atomic E-state index is 0.110. The number of amides is 1. The fourth-order valence-corrected chi connectivity index (χ4v) is 3.42. The maximum absolute atomic E-state index is 12.4. The topological polar surface area (TPSA) is 57.6 Å². The highest BCUT2D eigenvalue weighted by Gasteiger charge is 2.27. The van der Waals surface area contributed by atoms with E-state index in [-0.39, 0.29) is 5.91 Å². The molecule has 120 valence electrons. The lowest BCUT2D eigenvalue weighted by Crippen LogP contribution is -2.42. The van der Waals surface area contributed by atoms with Gasteiger partial charge in [0, 0.05) is 19.5 Å². The maximum atomic E-state index is 12.4. The van der Waals surface area contributed by atoms with Crippen molar-refractivity contribution in [2.24, 2.45) is 5.92 Å². The summed E-state index contributed by atoms with van der Waals surface area (Å²) in [6, 6.07) is 7.25. The van der Waals surface area contributed by atoms with E-state index in [1.165, 1.54) is 19.3 Å². The van der Waals surface area contributed by atoms with Gasteiger partial charge in [-0.2, -0.15) is 0 Å². The molecule has 0 bridgehead atoms. The molecule has 0 unspecified atom stereocenters. The molecule has 4 nitrogen and oxygen atoms in total. The second-order valence-electron chi connectivity index (χ2n) is 6.30. The number of carbonyl (C=O) groups is 2. The monoisotopic (exact) mass is 303 g/mol. The van der Waals surface area contributed by atoms with E-state index < -0.39 is 5.97 Å². The number of rotatable bonds is 5. The highest BCUT2D eigenvalue weighted by atomic mass is 16.4. The van der Waals surface area contributed by atoms with Gasteiger partial charge in [0.25, 0.3) is 0 Å². The Morgan fingerprint density at radius 2 is 1.91 bits per heavy atom. The van der Waals surface area contributed by atoms with Crippen LogP contribution < -0.4 is 0 Å². The first-order valence-corrected chi connectivity index (χ1v) is 8.07. The molecule has 1 N–H and O–H groups in total. The molecule has 0 heterocycles. The van der Waals surface area contributed by atoms with E-state index in [0.717, 1.165) is 12.0 Å². The highest BCUT2D eigenvalue weighted by Crippen LogP contribution is 2.27. The highest BCUT2D eigenvalue weighted by molar-refractivity contribution is 5.89. The van der Waals surface area contributed by atoms with Crippen LogP contribution in [-0.4, -0.2) is 35.0 Å². The van der Waals surface area contributed by atoms with Gasteiger partial charge < -0.3 is 10.0 Å². The Labute approximate surface area is 132 Å². The van der Waals surface area contributed by atoms with E-state index in [4.69, 9.17) is 0 Å². The van der Waals surface area contributed by atoms with Crippen LogP contribution in [-0.2, 0) is 11.2 Å².